The summed E-state index contributed by atoms with van der Waals surface area (Å²) in [5, 5.41) is 0. The summed E-state index contributed by atoms with van der Waals surface area (Å²) in [6.07, 6.45) is -0.0225. The first-order chi connectivity index (χ1) is 8.82. The SMILES string of the molecule is CC(CC(N)=O)NS(=O)(=O)Cc1ccc(CN)cc1. The molecule has 1 aromatic rings. The predicted octanol–water partition coefficient (Wildman–Crippen LogP) is -0.171. The highest BCUT2D eigenvalue weighted by Gasteiger charge is 2.16. The number of primary amides is 1. The van der Waals surface area contributed by atoms with Crippen molar-refractivity contribution < 1.29 is 13.2 Å². The number of rotatable bonds is 7. The summed E-state index contributed by atoms with van der Waals surface area (Å²) < 4.78 is 26.1. The maximum atomic E-state index is 11.9. The second kappa shape index (κ2) is 6.65. The van der Waals surface area contributed by atoms with Crippen LogP contribution in [0.25, 0.3) is 0 Å². The minimum Gasteiger partial charge on any atom is -0.370 e. The van der Waals surface area contributed by atoms with Crippen LogP contribution in [0.4, 0.5) is 0 Å². The highest BCUT2D eigenvalue weighted by Crippen LogP contribution is 2.08. The minimum atomic E-state index is -3.49. The van der Waals surface area contributed by atoms with Crippen molar-refractivity contribution in [3.63, 3.8) is 0 Å². The third-order valence-corrected chi connectivity index (χ3v) is 3.98. The zero-order valence-electron chi connectivity index (χ0n) is 10.8. The summed E-state index contributed by atoms with van der Waals surface area (Å²) in [4.78, 5) is 10.7. The third kappa shape index (κ3) is 5.82. The van der Waals surface area contributed by atoms with E-state index in [1.54, 1.807) is 31.2 Å². The normalized spacial score (nSPS) is 13.2. The van der Waals surface area contributed by atoms with Gasteiger partial charge in [-0.3, -0.25) is 4.79 Å². The molecule has 0 aliphatic carbocycles. The molecule has 1 unspecified atom stereocenters. The maximum Gasteiger partial charge on any atom is 0.219 e. The first kappa shape index (κ1) is 15.6. The topological polar surface area (TPSA) is 115 Å². The van der Waals surface area contributed by atoms with Crippen LogP contribution in [0.2, 0.25) is 0 Å². The molecule has 106 valence electrons. The van der Waals surface area contributed by atoms with E-state index < -0.39 is 22.0 Å². The van der Waals surface area contributed by atoms with Crippen LogP contribution in [-0.4, -0.2) is 20.4 Å². The molecule has 7 heteroatoms. The van der Waals surface area contributed by atoms with Crippen LogP contribution >= 0.6 is 0 Å². The molecule has 0 aliphatic heterocycles. The fourth-order valence-corrected chi connectivity index (χ4v) is 3.09. The number of benzene rings is 1. The number of nitrogens with one attached hydrogen (secondary N) is 1. The molecule has 6 nitrogen and oxygen atoms in total. The maximum absolute atomic E-state index is 11.9. The molecule has 0 fully saturated rings. The lowest BCUT2D eigenvalue weighted by atomic mass is 10.1. The van der Waals surface area contributed by atoms with Crippen molar-refractivity contribution in [3.05, 3.63) is 35.4 Å². The number of hydrogen-bond acceptors (Lipinski definition) is 4. The summed E-state index contributed by atoms with van der Waals surface area (Å²) in [6.45, 7) is 2.01. The van der Waals surface area contributed by atoms with Crippen molar-refractivity contribution >= 4 is 15.9 Å². The number of hydrogen-bond donors (Lipinski definition) is 3. The smallest absolute Gasteiger partial charge is 0.219 e. The number of carbonyl (C=O) groups excluding carboxylic acids is 1. The summed E-state index contributed by atoms with van der Waals surface area (Å²) in [7, 11) is -3.49. The van der Waals surface area contributed by atoms with Gasteiger partial charge in [0.2, 0.25) is 15.9 Å². The summed E-state index contributed by atoms with van der Waals surface area (Å²) in [5.41, 5.74) is 12.1. The van der Waals surface area contributed by atoms with Crippen molar-refractivity contribution in [2.75, 3.05) is 0 Å². The molecule has 0 aromatic heterocycles. The Morgan fingerprint density at radius 2 is 1.79 bits per heavy atom. The molecule has 19 heavy (non-hydrogen) atoms. The summed E-state index contributed by atoms with van der Waals surface area (Å²) in [6, 6.07) is 6.52. The Morgan fingerprint density at radius 3 is 2.26 bits per heavy atom. The average Bonchev–Trinajstić information content (AvgIpc) is 2.27. The molecule has 0 bridgehead atoms. The van der Waals surface area contributed by atoms with Gasteiger partial charge in [0.15, 0.2) is 0 Å². The van der Waals surface area contributed by atoms with E-state index in [9.17, 15) is 13.2 Å². The molecule has 0 spiro atoms. The van der Waals surface area contributed by atoms with Crippen LogP contribution in [0.3, 0.4) is 0 Å². The van der Waals surface area contributed by atoms with Gasteiger partial charge in [-0.05, 0) is 18.1 Å². The lowest BCUT2D eigenvalue weighted by molar-refractivity contribution is -0.118. The largest absolute Gasteiger partial charge is 0.370 e. The van der Waals surface area contributed by atoms with Crippen LogP contribution in [0.15, 0.2) is 24.3 Å². The van der Waals surface area contributed by atoms with Crippen molar-refractivity contribution in [1.29, 1.82) is 0 Å². The molecule has 0 saturated heterocycles. The van der Waals surface area contributed by atoms with Gasteiger partial charge >= 0.3 is 0 Å². The van der Waals surface area contributed by atoms with Gasteiger partial charge < -0.3 is 11.5 Å². The molecular formula is C12H19N3O3S. The highest BCUT2D eigenvalue weighted by atomic mass is 32.2. The standard InChI is InChI=1S/C12H19N3O3S/c1-9(6-12(14)16)15-19(17,18)8-11-4-2-10(7-13)3-5-11/h2-5,9,15H,6-8,13H2,1H3,(H2,14,16). The quantitative estimate of drug-likeness (QED) is 0.645. The van der Waals surface area contributed by atoms with Crippen LogP contribution in [0.1, 0.15) is 24.5 Å². The molecule has 5 N–H and O–H groups in total. The average molecular weight is 285 g/mol. The van der Waals surface area contributed by atoms with E-state index in [1.807, 2.05) is 0 Å². The number of carbonyl (C=O) groups is 1. The fourth-order valence-electron chi connectivity index (χ4n) is 1.68. The number of sulfonamides is 1. The Hall–Kier alpha value is -1.44. The Balaban J connectivity index is 2.65. The number of amides is 1. The van der Waals surface area contributed by atoms with Gasteiger partial charge in [-0.15, -0.1) is 0 Å². The second-order valence-corrected chi connectivity index (χ2v) is 6.22. The molecule has 0 aliphatic rings. The molecule has 1 amide bonds. The van der Waals surface area contributed by atoms with E-state index in [2.05, 4.69) is 4.72 Å². The van der Waals surface area contributed by atoms with E-state index in [4.69, 9.17) is 11.5 Å². The molecule has 1 atom stereocenters. The first-order valence-electron chi connectivity index (χ1n) is 5.88. The van der Waals surface area contributed by atoms with Gasteiger partial charge in [-0.1, -0.05) is 24.3 Å². The molecular weight excluding hydrogens is 266 g/mol. The van der Waals surface area contributed by atoms with Crippen molar-refractivity contribution in [3.8, 4) is 0 Å². The first-order valence-corrected chi connectivity index (χ1v) is 7.54. The van der Waals surface area contributed by atoms with Gasteiger partial charge in [0.25, 0.3) is 0 Å². The Morgan fingerprint density at radius 1 is 1.26 bits per heavy atom. The predicted molar refractivity (Wildman–Crippen MR) is 73.4 cm³/mol. The van der Waals surface area contributed by atoms with Crippen LogP contribution in [0, 0.1) is 0 Å². The molecule has 1 aromatic carbocycles. The van der Waals surface area contributed by atoms with Crippen molar-refractivity contribution in [2.45, 2.75) is 31.7 Å². The zero-order chi connectivity index (χ0) is 14.5. The Bertz CT molecular complexity index is 526. The molecule has 0 radical (unpaired) electrons. The van der Waals surface area contributed by atoms with Crippen molar-refractivity contribution in [2.24, 2.45) is 11.5 Å². The third-order valence-electron chi connectivity index (χ3n) is 2.50. The zero-order valence-corrected chi connectivity index (χ0v) is 11.6. The van der Waals surface area contributed by atoms with E-state index in [1.165, 1.54) is 0 Å². The highest BCUT2D eigenvalue weighted by molar-refractivity contribution is 7.88. The van der Waals surface area contributed by atoms with Gasteiger partial charge in [0.05, 0.1) is 5.75 Å². The van der Waals surface area contributed by atoms with Gasteiger partial charge in [-0.2, -0.15) is 0 Å². The molecule has 0 saturated carbocycles. The van der Waals surface area contributed by atoms with Crippen molar-refractivity contribution in [1.82, 2.24) is 4.72 Å². The Kier molecular flexibility index (Phi) is 5.46. The van der Waals surface area contributed by atoms with Gasteiger partial charge in [0.1, 0.15) is 0 Å². The van der Waals surface area contributed by atoms with Crippen LogP contribution < -0.4 is 16.2 Å². The lowest BCUT2D eigenvalue weighted by Gasteiger charge is -2.12. The Labute approximate surface area is 113 Å². The number of nitrogens with two attached hydrogens (primary N) is 2. The summed E-state index contributed by atoms with van der Waals surface area (Å²) in [5.74, 6) is -0.677. The van der Waals surface area contributed by atoms with E-state index in [0.29, 0.717) is 12.1 Å². The fraction of sp³-hybridized carbons (Fsp3) is 0.417. The monoisotopic (exact) mass is 285 g/mol. The lowest BCUT2D eigenvalue weighted by Crippen LogP contribution is -2.36. The van der Waals surface area contributed by atoms with Crippen LogP contribution in [-0.2, 0) is 27.1 Å². The molecule has 1 rings (SSSR count). The summed E-state index contributed by atoms with van der Waals surface area (Å²) >= 11 is 0. The van der Waals surface area contributed by atoms with Crippen LogP contribution in [0.5, 0.6) is 0 Å². The van der Waals surface area contributed by atoms with Gasteiger partial charge in [0, 0.05) is 19.0 Å². The second-order valence-electron chi connectivity index (χ2n) is 4.47. The minimum absolute atomic E-state index is 0.0225. The van der Waals surface area contributed by atoms with E-state index >= 15 is 0 Å². The van der Waals surface area contributed by atoms with E-state index in [-0.39, 0.29) is 12.2 Å². The van der Waals surface area contributed by atoms with E-state index in [0.717, 1.165) is 5.56 Å². The van der Waals surface area contributed by atoms with Gasteiger partial charge in [-0.25, -0.2) is 13.1 Å². The molecule has 0 heterocycles.